The third kappa shape index (κ3) is 2.09. The number of alkyl halides is 2. The van der Waals surface area contributed by atoms with Gasteiger partial charge in [0.05, 0.1) is 0 Å². The van der Waals surface area contributed by atoms with Gasteiger partial charge in [0.25, 0.3) is 0 Å². The maximum absolute atomic E-state index is 13.0. The second-order valence-corrected chi connectivity index (χ2v) is 3.41. The van der Waals surface area contributed by atoms with Crippen molar-refractivity contribution in [2.24, 2.45) is 0 Å². The standard InChI is InChI=1S/C8H6BrF2NO/c1-5(13)8(10,11)7-3-2-6(9)4-12-7/h2-4H,1H3. The number of Topliss-reactive ketones (excluding diaryl/α,β-unsaturated/α-hetero) is 1. The van der Waals surface area contributed by atoms with Crippen LogP contribution in [0.5, 0.6) is 0 Å². The Balaban J connectivity index is 3.08. The van der Waals surface area contributed by atoms with Crippen LogP contribution in [0.4, 0.5) is 8.78 Å². The van der Waals surface area contributed by atoms with Gasteiger partial charge in [-0.15, -0.1) is 0 Å². The molecular weight excluding hydrogens is 244 g/mol. The molecule has 0 aliphatic carbocycles. The number of hydrogen-bond acceptors (Lipinski definition) is 2. The molecule has 0 aromatic carbocycles. The van der Waals surface area contributed by atoms with E-state index in [2.05, 4.69) is 20.9 Å². The van der Waals surface area contributed by atoms with Crippen LogP contribution in [0.25, 0.3) is 0 Å². The van der Waals surface area contributed by atoms with E-state index in [-0.39, 0.29) is 0 Å². The number of carbonyl (C=O) groups is 1. The van der Waals surface area contributed by atoms with Gasteiger partial charge in [0.1, 0.15) is 5.69 Å². The van der Waals surface area contributed by atoms with Gasteiger partial charge in [-0.2, -0.15) is 8.78 Å². The Kier molecular flexibility index (Phi) is 2.75. The first kappa shape index (κ1) is 10.2. The van der Waals surface area contributed by atoms with Crippen molar-refractivity contribution in [3.8, 4) is 0 Å². The van der Waals surface area contributed by atoms with Gasteiger partial charge >= 0.3 is 5.92 Å². The average Bonchev–Trinajstić information content (AvgIpc) is 2.04. The number of nitrogens with zero attached hydrogens (tertiary/aromatic N) is 1. The number of carbonyl (C=O) groups excluding carboxylic acids is 1. The van der Waals surface area contributed by atoms with E-state index < -0.39 is 17.4 Å². The largest absolute Gasteiger partial charge is 0.346 e. The van der Waals surface area contributed by atoms with Crippen molar-refractivity contribution in [3.63, 3.8) is 0 Å². The van der Waals surface area contributed by atoms with Gasteiger partial charge in [-0.3, -0.25) is 9.78 Å². The monoisotopic (exact) mass is 249 g/mol. The van der Waals surface area contributed by atoms with Crippen molar-refractivity contribution in [2.45, 2.75) is 12.8 Å². The zero-order valence-electron chi connectivity index (χ0n) is 6.72. The zero-order chi connectivity index (χ0) is 10.1. The Morgan fingerprint density at radius 1 is 1.54 bits per heavy atom. The van der Waals surface area contributed by atoms with Crippen molar-refractivity contribution in [2.75, 3.05) is 0 Å². The minimum Gasteiger partial charge on any atom is -0.293 e. The molecular formula is C8H6BrF2NO. The number of ketones is 1. The summed E-state index contributed by atoms with van der Waals surface area (Å²) in [5.74, 6) is -4.69. The van der Waals surface area contributed by atoms with E-state index in [0.717, 1.165) is 13.0 Å². The zero-order valence-corrected chi connectivity index (χ0v) is 8.31. The predicted molar refractivity (Wildman–Crippen MR) is 46.5 cm³/mol. The van der Waals surface area contributed by atoms with E-state index in [0.29, 0.717) is 4.47 Å². The summed E-state index contributed by atoms with van der Waals surface area (Å²) in [6.45, 7) is 0.837. The van der Waals surface area contributed by atoms with Crippen molar-refractivity contribution in [1.82, 2.24) is 4.98 Å². The van der Waals surface area contributed by atoms with Crippen LogP contribution in [0.3, 0.4) is 0 Å². The van der Waals surface area contributed by atoms with Crippen LogP contribution in [-0.4, -0.2) is 10.8 Å². The summed E-state index contributed by atoms with van der Waals surface area (Å²) >= 11 is 3.06. The van der Waals surface area contributed by atoms with Crippen LogP contribution < -0.4 is 0 Å². The Hall–Kier alpha value is -0.840. The van der Waals surface area contributed by atoms with Crippen LogP contribution in [0.15, 0.2) is 22.8 Å². The fourth-order valence-corrected chi connectivity index (χ4v) is 0.976. The van der Waals surface area contributed by atoms with Crippen LogP contribution in [0.1, 0.15) is 12.6 Å². The Morgan fingerprint density at radius 3 is 2.54 bits per heavy atom. The number of hydrogen-bond donors (Lipinski definition) is 0. The SMILES string of the molecule is CC(=O)C(F)(F)c1ccc(Br)cn1. The van der Waals surface area contributed by atoms with Crippen molar-refractivity contribution < 1.29 is 13.6 Å². The molecule has 0 amide bonds. The van der Waals surface area contributed by atoms with Gasteiger partial charge in [0, 0.05) is 17.6 Å². The van der Waals surface area contributed by atoms with Gasteiger partial charge < -0.3 is 0 Å². The fourth-order valence-electron chi connectivity index (χ4n) is 0.742. The van der Waals surface area contributed by atoms with E-state index in [1.807, 2.05) is 0 Å². The van der Waals surface area contributed by atoms with Gasteiger partial charge in [-0.1, -0.05) is 0 Å². The average molecular weight is 250 g/mol. The molecule has 1 aromatic rings. The molecule has 0 unspecified atom stereocenters. The molecule has 0 radical (unpaired) electrons. The molecule has 13 heavy (non-hydrogen) atoms. The van der Waals surface area contributed by atoms with E-state index in [1.54, 1.807) is 0 Å². The molecule has 1 rings (SSSR count). The molecule has 0 aliphatic rings. The summed E-state index contributed by atoms with van der Waals surface area (Å²) in [7, 11) is 0. The Morgan fingerprint density at radius 2 is 2.15 bits per heavy atom. The maximum Gasteiger partial charge on any atom is 0.346 e. The molecule has 0 aliphatic heterocycles. The number of aromatic nitrogens is 1. The van der Waals surface area contributed by atoms with E-state index in [9.17, 15) is 13.6 Å². The van der Waals surface area contributed by atoms with Crippen molar-refractivity contribution >= 4 is 21.7 Å². The molecule has 0 bridgehead atoms. The smallest absolute Gasteiger partial charge is 0.293 e. The van der Waals surface area contributed by atoms with Crippen LogP contribution >= 0.6 is 15.9 Å². The molecule has 0 spiro atoms. The van der Waals surface area contributed by atoms with Crippen LogP contribution in [0.2, 0.25) is 0 Å². The second-order valence-electron chi connectivity index (χ2n) is 2.49. The minimum absolute atomic E-state index is 0.525. The number of pyridine rings is 1. The molecule has 0 saturated carbocycles. The highest BCUT2D eigenvalue weighted by molar-refractivity contribution is 9.10. The first-order chi connectivity index (χ1) is 5.94. The first-order valence-electron chi connectivity index (χ1n) is 3.45. The topological polar surface area (TPSA) is 30.0 Å². The lowest BCUT2D eigenvalue weighted by molar-refractivity contribution is -0.142. The van der Waals surface area contributed by atoms with Crippen molar-refractivity contribution in [1.29, 1.82) is 0 Å². The molecule has 0 saturated heterocycles. The summed E-state index contributed by atoms with van der Waals surface area (Å²) in [5, 5.41) is 0. The van der Waals surface area contributed by atoms with Gasteiger partial charge in [-0.25, -0.2) is 0 Å². The fraction of sp³-hybridized carbons (Fsp3) is 0.250. The molecule has 0 N–H and O–H groups in total. The van der Waals surface area contributed by atoms with Gasteiger partial charge in [-0.05, 0) is 28.1 Å². The van der Waals surface area contributed by atoms with Crippen molar-refractivity contribution in [3.05, 3.63) is 28.5 Å². The molecule has 1 heterocycles. The summed E-state index contributed by atoms with van der Waals surface area (Å²) in [6.07, 6.45) is 1.23. The highest BCUT2D eigenvalue weighted by Gasteiger charge is 2.38. The van der Waals surface area contributed by atoms with Gasteiger partial charge in [0.15, 0.2) is 0 Å². The Labute approximate surface area is 82.1 Å². The lowest BCUT2D eigenvalue weighted by Crippen LogP contribution is -2.24. The highest BCUT2D eigenvalue weighted by atomic mass is 79.9. The molecule has 5 heteroatoms. The number of rotatable bonds is 2. The third-order valence-corrected chi connectivity index (χ3v) is 1.96. The third-order valence-electron chi connectivity index (χ3n) is 1.49. The lowest BCUT2D eigenvalue weighted by Gasteiger charge is -2.11. The van der Waals surface area contributed by atoms with E-state index in [4.69, 9.17) is 0 Å². The van der Waals surface area contributed by atoms with E-state index >= 15 is 0 Å². The Bertz CT molecular complexity index is 323. The molecule has 0 atom stereocenters. The molecule has 0 fully saturated rings. The first-order valence-corrected chi connectivity index (χ1v) is 4.25. The summed E-state index contributed by atoms with van der Waals surface area (Å²) in [4.78, 5) is 14.0. The minimum atomic E-state index is -3.49. The second kappa shape index (κ2) is 3.49. The summed E-state index contributed by atoms with van der Waals surface area (Å²) in [6, 6.07) is 2.53. The van der Waals surface area contributed by atoms with E-state index in [1.165, 1.54) is 12.3 Å². The molecule has 70 valence electrons. The van der Waals surface area contributed by atoms with Crippen LogP contribution in [-0.2, 0) is 10.7 Å². The quantitative estimate of drug-likeness (QED) is 0.807. The summed E-state index contributed by atoms with van der Waals surface area (Å²) < 4.78 is 26.6. The van der Waals surface area contributed by atoms with Crippen LogP contribution in [0, 0.1) is 0 Å². The summed E-state index contributed by atoms with van der Waals surface area (Å²) in [5.41, 5.74) is -0.525. The molecule has 1 aromatic heterocycles. The maximum atomic E-state index is 13.0. The molecule has 2 nitrogen and oxygen atoms in total. The van der Waals surface area contributed by atoms with Gasteiger partial charge in [0.2, 0.25) is 5.78 Å². The predicted octanol–water partition coefficient (Wildman–Crippen LogP) is 2.52. The normalized spacial score (nSPS) is 11.4. The number of halogens is 3. The lowest BCUT2D eigenvalue weighted by atomic mass is 10.1. The highest BCUT2D eigenvalue weighted by Crippen LogP contribution is 2.27.